The third-order valence-electron chi connectivity index (χ3n) is 4.57. The minimum absolute atomic E-state index is 0. The van der Waals surface area contributed by atoms with Crippen molar-refractivity contribution in [2.75, 3.05) is 23.8 Å². The van der Waals surface area contributed by atoms with Crippen molar-refractivity contribution in [2.45, 2.75) is 25.8 Å². The second-order valence-corrected chi connectivity index (χ2v) is 7.44. The van der Waals surface area contributed by atoms with Crippen molar-refractivity contribution in [1.29, 1.82) is 0 Å². The van der Waals surface area contributed by atoms with E-state index in [9.17, 15) is 4.79 Å². The van der Waals surface area contributed by atoms with Crippen LogP contribution in [0.25, 0.3) is 0 Å². The summed E-state index contributed by atoms with van der Waals surface area (Å²) in [5, 5.41) is 0. The fourth-order valence-electron chi connectivity index (χ4n) is 3.11. The van der Waals surface area contributed by atoms with Crippen molar-refractivity contribution in [3.63, 3.8) is 0 Å². The zero-order valence-electron chi connectivity index (χ0n) is 14.5. The van der Waals surface area contributed by atoms with Crippen LogP contribution in [0.15, 0.2) is 48.5 Å². The predicted molar refractivity (Wildman–Crippen MR) is 109 cm³/mol. The number of amides is 1. The first-order chi connectivity index (χ1) is 11.6. The monoisotopic (exact) mass is 376 g/mol. The summed E-state index contributed by atoms with van der Waals surface area (Å²) in [6.07, 6.45) is 1.22. The maximum atomic E-state index is 12.8. The molecule has 0 spiro atoms. The molecule has 5 heteroatoms. The van der Waals surface area contributed by atoms with E-state index < -0.39 is 0 Å². The van der Waals surface area contributed by atoms with Crippen LogP contribution in [-0.2, 0) is 11.2 Å². The second kappa shape index (κ2) is 9.16. The van der Waals surface area contributed by atoms with E-state index in [1.165, 1.54) is 11.1 Å². The average molecular weight is 377 g/mol. The summed E-state index contributed by atoms with van der Waals surface area (Å²) in [4.78, 5) is 14.9. The number of carbonyl (C=O) groups is 1. The Hall–Kier alpha value is -1.65. The van der Waals surface area contributed by atoms with Crippen molar-refractivity contribution < 1.29 is 4.79 Å². The molecular formula is C20H25ClN2OS. The van der Waals surface area contributed by atoms with Crippen LogP contribution in [-0.4, -0.2) is 28.9 Å². The zero-order chi connectivity index (χ0) is 16.9. The summed E-state index contributed by atoms with van der Waals surface area (Å²) in [5.41, 5.74) is 10.3. The number of rotatable bonds is 4. The maximum Gasteiger partial charge on any atom is 0.223 e. The Kier molecular flexibility index (Phi) is 7.21. The van der Waals surface area contributed by atoms with Crippen LogP contribution in [0.2, 0.25) is 0 Å². The summed E-state index contributed by atoms with van der Waals surface area (Å²) in [6.45, 7) is 2.92. The van der Waals surface area contributed by atoms with Crippen LogP contribution in [0.4, 0.5) is 5.69 Å². The quantitative estimate of drug-likeness (QED) is 0.811. The molecule has 2 N–H and O–H groups in total. The molecule has 0 aliphatic carbocycles. The van der Waals surface area contributed by atoms with E-state index in [0.29, 0.717) is 12.8 Å². The highest BCUT2D eigenvalue weighted by Gasteiger charge is 2.27. The number of nitrogen functional groups attached to an aromatic ring is 1. The lowest BCUT2D eigenvalue weighted by Crippen LogP contribution is -2.40. The molecule has 0 radical (unpaired) electrons. The van der Waals surface area contributed by atoms with Gasteiger partial charge in [-0.1, -0.05) is 48.0 Å². The Morgan fingerprint density at radius 3 is 2.64 bits per heavy atom. The number of para-hydroxylation sites is 1. The highest BCUT2D eigenvalue weighted by molar-refractivity contribution is 7.99. The average Bonchev–Trinajstić information content (AvgIpc) is 2.61. The lowest BCUT2D eigenvalue weighted by Gasteiger charge is -2.36. The number of benzene rings is 2. The van der Waals surface area contributed by atoms with Gasteiger partial charge >= 0.3 is 0 Å². The molecule has 2 aromatic rings. The number of halogens is 1. The van der Waals surface area contributed by atoms with Gasteiger partial charge in [0.05, 0.1) is 6.04 Å². The van der Waals surface area contributed by atoms with Crippen LogP contribution in [0.3, 0.4) is 0 Å². The molecule has 1 atom stereocenters. The van der Waals surface area contributed by atoms with E-state index in [1.54, 1.807) is 0 Å². The van der Waals surface area contributed by atoms with Crippen LogP contribution in [0, 0.1) is 6.92 Å². The minimum atomic E-state index is 0. The first-order valence-electron chi connectivity index (χ1n) is 8.42. The van der Waals surface area contributed by atoms with Gasteiger partial charge in [0.15, 0.2) is 0 Å². The van der Waals surface area contributed by atoms with Gasteiger partial charge in [-0.15, -0.1) is 12.4 Å². The molecule has 1 aliphatic heterocycles. The normalized spacial score (nSPS) is 17.0. The minimum Gasteiger partial charge on any atom is -0.399 e. The van der Waals surface area contributed by atoms with E-state index in [0.717, 1.165) is 29.3 Å². The first kappa shape index (κ1) is 19.7. The van der Waals surface area contributed by atoms with Crippen LogP contribution >= 0.6 is 24.2 Å². The lowest BCUT2D eigenvalue weighted by molar-refractivity contribution is -0.133. The molecule has 1 heterocycles. The van der Waals surface area contributed by atoms with Gasteiger partial charge in [-0.2, -0.15) is 11.8 Å². The maximum absolute atomic E-state index is 12.8. The lowest BCUT2D eigenvalue weighted by atomic mass is 10.0. The number of hydrogen-bond donors (Lipinski definition) is 1. The molecule has 1 saturated heterocycles. The van der Waals surface area contributed by atoms with E-state index in [4.69, 9.17) is 5.73 Å². The van der Waals surface area contributed by atoms with Gasteiger partial charge in [-0.25, -0.2) is 0 Å². The smallest absolute Gasteiger partial charge is 0.223 e. The zero-order valence-corrected chi connectivity index (χ0v) is 16.1. The number of aryl methyl sites for hydroxylation is 2. The van der Waals surface area contributed by atoms with Crippen molar-refractivity contribution in [3.8, 4) is 0 Å². The van der Waals surface area contributed by atoms with Gasteiger partial charge < -0.3 is 10.6 Å². The molecular weight excluding hydrogens is 352 g/mol. The van der Waals surface area contributed by atoms with E-state index in [2.05, 4.69) is 36.1 Å². The van der Waals surface area contributed by atoms with Gasteiger partial charge in [0.25, 0.3) is 0 Å². The number of nitrogens with two attached hydrogens (primary N) is 1. The molecule has 1 aliphatic rings. The first-order valence-corrected chi connectivity index (χ1v) is 9.58. The SMILES string of the molecule is Cc1ccc(C2CSCCN2C(=O)CCc2ccccc2N)cc1.Cl. The standard InChI is InChI=1S/C20H24N2OS.ClH/c1-15-6-8-17(9-7-15)19-14-24-13-12-22(19)20(23)11-10-16-4-2-3-5-18(16)21;/h2-9,19H,10-14,21H2,1H3;1H. The molecule has 0 saturated carbocycles. The van der Waals surface area contributed by atoms with Crippen molar-refractivity contribution >= 4 is 35.8 Å². The molecule has 1 amide bonds. The number of anilines is 1. The molecule has 0 bridgehead atoms. The Labute approximate surface area is 160 Å². The fraction of sp³-hybridized carbons (Fsp3) is 0.350. The third kappa shape index (κ3) is 4.93. The Bertz CT molecular complexity index is 705. The van der Waals surface area contributed by atoms with Gasteiger partial charge in [-0.3, -0.25) is 4.79 Å². The Morgan fingerprint density at radius 1 is 1.20 bits per heavy atom. The van der Waals surface area contributed by atoms with Crippen molar-refractivity contribution in [3.05, 3.63) is 65.2 Å². The summed E-state index contributed by atoms with van der Waals surface area (Å²) >= 11 is 1.93. The fourth-order valence-corrected chi connectivity index (χ4v) is 4.20. The summed E-state index contributed by atoms with van der Waals surface area (Å²) < 4.78 is 0. The highest BCUT2D eigenvalue weighted by atomic mass is 35.5. The summed E-state index contributed by atoms with van der Waals surface area (Å²) in [6, 6.07) is 16.6. The molecule has 25 heavy (non-hydrogen) atoms. The van der Waals surface area contributed by atoms with Gasteiger partial charge in [0.1, 0.15) is 0 Å². The van der Waals surface area contributed by atoms with Crippen molar-refractivity contribution in [2.24, 2.45) is 0 Å². The van der Waals surface area contributed by atoms with Gasteiger partial charge in [0, 0.05) is 30.2 Å². The number of hydrogen-bond acceptors (Lipinski definition) is 3. The molecule has 1 unspecified atom stereocenters. The van der Waals surface area contributed by atoms with E-state index in [-0.39, 0.29) is 24.4 Å². The van der Waals surface area contributed by atoms with Gasteiger partial charge in [0.2, 0.25) is 5.91 Å². The van der Waals surface area contributed by atoms with Gasteiger partial charge in [-0.05, 0) is 30.5 Å². The number of carbonyl (C=O) groups excluding carboxylic acids is 1. The molecule has 1 fully saturated rings. The van der Waals surface area contributed by atoms with Crippen molar-refractivity contribution in [1.82, 2.24) is 4.90 Å². The highest BCUT2D eigenvalue weighted by Crippen LogP contribution is 2.30. The summed E-state index contributed by atoms with van der Waals surface area (Å²) in [5.74, 6) is 2.22. The Morgan fingerprint density at radius 2 is 1.92 bits per heavy atom. The van der Waals surface area contributed by atoms with Crippen LogP contribution in [0.5, 0.6) is 0 Å². The second-order valence-electron chi connectivity index (χ2n) is 6.29. The predicted octanol–water partition coefficient (Wildman–Crippen LogP) is 4.25. The molecule has 2 aromatic carbocycles. The molecule has 3 nitrogen and oxygen atoms in total. The molecule has 134 valence electrons. The number of nitrogens with zero attached hydrogens (tertiary/aromatic N) is 1. The molecule has 0 aromatic heterocycles. The van der Waals surface area contributed by atoms with E-state index >= 15 is 0 Å². The third-order valence-corrected chi connectivity index (χ3v) is 5.60. The van der Waals surface area contributed by atoms with Crippen LogP contribution < -0.4 is 5.73 Å². The number of thioether (sulfide) groups is 1. The molecule has 3 rings (SSSR count). The Balaban J connectivity index is 0.00000225. The summed E-state index contributed by atoms with van der Waals surface area (Å²) in [7, 11) is 0. The topological polar surface area (TPSA) is 46.3 Å². The van der Waals surface area contributed by atoms with E-state index in [1.807, 2.05) is 36.0 Å². The van der Waals surface area contributed by atoms with Crippen LogP contribution in [0.1, 0.15) is 29.2 Å². The largest absolute Gasteiger partial charge is 0.399 e.